The summed E-state index contributed by atoms with van der Waals surface area (Å²) in [7, 11) is 0. The third kappa shape index (κ3) is 9.18. The Kier molecular flexibility index (Phi) is 11.4. The van der Waals surface area contributed by atoms with Gasteiger partial charge >= 0.3 is 0 Å². The van der Waals surface area contributed by atoms with Crippen molar-refractivity contribution >= 4 is 17.2 Å². The lowest BCUT2D eigenvalue weighted by Gasteiger charge is -2.17. The first-order valence-corrected chi connectivity index (χ1v) is 12.6. The Labute approximate surface area is 202 Å². The van der Waals surface area contributed by atoms with Gasteiger partial charge in [0.15, 0.2) is 0 Å². The quantitative estimate of drug-likeness (QED) is 0.258. The van der Waals surface area contributed by atoms with Crippen molar-refractivity contribution in [2.75, 3.05) is 13.2 Å². The summed E-state index contributed by atoms with van der Waals surface area (Å²) in [6, 6.07) is 6.10. The number of hydrogen-bond acceptors (Lipinski definition) is 6. The molecular weight excluding hydrogens is 436 g/mol. The van der Waals surface area contributed by atoms with Crippen LogP contribution in [0.1, 0.15) is 64.1 Å². The standard InChI is InChI=1S/C26H38N2O4S/c1-6-23(29)14-19(4)26(30)27-16-22-11-10-21(25-20(5)28-17-33-25)15-24(22)32-13-9-7-8-12-31-18(2)3/h10-11,15,17,19,23,29H,2,6-9,12-14,16H2,1,3-5H3,(H,27,30)/t19-,23-/m0/s1. The van der Waals surface area contributed by atoms with Gasteiger partial charge in [-0.25, -0.2) is 4.98 Å². The van der Waals surface area contributed by atoms with Gasteiger partial charge in [-0.15, -0.1) is 11.3 Å². The molecule has 2 atom stereocenters. The average Bonchev–Trinajstić information content (AvgIpc) is 3.22. The van der Waals surface area contributed by atoms with Gasteiger partial charge in [-0.3, -0.25) is 4.79 Å². The maximum absolute atomic E-state index is 12.5. The van der Waals surface area contributed by atoms with E-state index in [2.05, 4.69) is 16.9 Å². The number of carbonyl (C=O) groups is 1. The number of carbonyl (C=O) groups excluding carboxylic acids is 1. The van der Waals surface area contributed by atoms with Gasteiger partial charge in [-0.05, 0) is 57.6 Å². The molecule has 7 heteroatoms. The molecule has 33 heavy (non-hydrogen) atoms. The van der Waals surface area contributed by atoms with E-state index < -0.39 is 6.10 Å². The molecule has 0 spiro atoms. The van der Waals surface area contributed by atoms with Crippen LogP contribution in [0, 0.1) is 12.8 Å². The molecule has 1 heterocycles. The molecule has 6 nitrogen and oxygen atoms in total. The summed E-state index contributed by atoms with van der Waals surface area (Å²) in [5.41, 5.74) is 4.84. The molecule has 0 unspecified atom stereocenters. The van der Waals surface area contributed by atoms with E-state index in [4.69, 9.17) is 9.47 Å². The van der Waals surface area contributed by atoms with Crippen molar-refractivity contribution in [3.63, 3.8) is 0 Å². The Balaban J connectivity index is 2.01. The predicted molar refractivity (Wildman–Crippen MR) is 134 cm³/mol. The lowest BCUT2D eigenvalue weighted by Crippen LogP contribution is -2.31. The number of aliphatic hydroxyl groups is 1. The van der Waals surface area contributed by atoms with Crippen LogP contribution in [-0.4, -0.2) is 35.3 Å². The highest BCUT2D eigenvalue weighted by Crippen LogP contribution is 2.32. The van der Waals surface area contributed by atoms with Crippen molar-refractivity contribution in [2.45, 2.75) is 72.4 Å². The number of rotatable bonds is 15. The van der Waals surface area contributed by atoms with Crippen LogP contribution < -0.4 is 10.1 Å². The van der Waals surface area contributed by atoms with Crippen LogP contribution in [0.2, 0.25) is 0 Å². The minimum Gasteiger partial charge on any atom is -0.499 e. The first-order valence-electron chi connectivity index (χ1n) is 11.7. The number of nitrogens with zero attached hydrogens (tertiary/aromatic N) is 1. The average molecular weight is 475 g/mol. The summed E-state index contributed by atoms with van der Waals surface area (Å²) in [6.45, 7) is 13.0. The van der Waals surface area contributed by atoms with Gasteiger partial charge < -0.3 is 19.9 Å². The van der Waals surface area contributed by atoms with E-state index in [1.54, 1.807) is 11.3 Å². The van der Waals surface area contributed by atoms with Crippen molar-refractivity contribution in [1.82, 2.24) is 10.3 Å². The minimum absolute atomic E-state index is 0.0617. The van der Waals surface area contributed by atoms with Crippen LogP contribution in [0.3, 0.4) is 0 Å². The molecule has 0 saturated carbocycles. The van der Waals surface area contributed by atoms with Gasteiger partial charge in [-0.2, -0.15) is 0 Å². The number of aromatic nitrogens is 1. The lowest BCUT2D eigenvalue weighted by molar-refractivity contribution is -0.125. The van der Waals surface area contributed by atoms with E-state index in [0.717, 1.165) is 52.5 Å². The zero-order valence-electron chi connectivity index (χ0n) is 20.4. The third-order valence-corrected chi connectivity index (χ3v) is 6.44. The first-order chi connectivity index (χ1) is 15.8. The Morgan fingerprint density at radius 1 is 1.27 bits per heavy atom. The number of aryl methyl sites for hydroxylation is 1. The van der Waals surface area contributed by atoms with Gasteiger partial charge in [-0.1, -0.05) is 32.6 Å². The van der Waals surface area contributed by atoms with Crippen LogP contribution in [0.5, 0.6) is 5.75 Å². The van der Waals surface area contributed by atoms with E-state index in [9.17, 15) is 9.90 Å². The third-order valence-electron chi connectivity index (χ3n) is 5.47. The molecule has 0 aliphatic heterocycles. The maximum atomic E-state index is 12.5. The van der Waals surface area contributed by atoms with Crippen molar-refractivity contribution in [3.05, 3.63) is 47.3 Å². The van der Waals surface area contributed by atoms with Crippen molar-refractivity contribution in [3.8, 4) is 16.2 Å². The van der Waals surface area contributed by atoms with E-state index in [1.807, 2.05) is 51.4 Å². The fourth-order valence-electron chi connectivity index (χ4n) is 3.40. The van der Waals surface area contributed by atoms with Gasteiger partial charge in [0.2, 0.25) is 5.91 Å². The molecule has 0 fully saturated rings. The summed E-state index contributed by atoms with van der Waals surface area (Å²) >= 11 is 1.61. The summed E-state index contributed by atoms with van der Waals surface area (Å²) in [6.07, 6.45) is 3.54. The Morgan fingerprint density at radius 3 is 2.70 bits per heavy atom. The molecule has 182 valence electrons. The summed E-state index contributed by atoms with van der Waals surface area (Å²) in [4.78, 5) is 18.0. The zero-order valence-corrected chi connectivity index (χ0v) is 21.2. The van der Waals surface area contributed by atoms with E-state index in [-0.39, 0.29) is 11.8 Å². The Hall–Kier alpha value is -2.38. The number of nitrogens with one attached hydrogen (secondary N) is 1. The molecule has 2 rings (SSSR count). The summed E-state index contributed by atoms with van der Waals surface area (Å²) < 4.78 is 11.6. The number of benzene rings is 1. The molecule has 0 bridgehead atoms. The number of unbranched alkanes of at least 4 members (excludes halogenated alkanes) is 2. The number of amides is 1. The topological polar surface area (TPSA) is 80.7 Å². The van der Waals surface area contributed by atoms with Crippen molar-refractivity contribution in [1.29, 1.82) is 0 Å². The van der Waals surface area contributed by atoms with Crippen molar-refractivity contribution in [2.24, 2.45) is 5.92 Å². The highest BCUT2D eigenvalue weighted by Gasteiger charge is 2.17. The van der Waals surface area contributed by atoms with Gasteiger partial charge in [0.1, 0.15) is 5.75 Å². The SMILES string of the molecule is C=C(C)OCCCCCOc1cc(-c2scnc2C)ccc1CNC(=O)[C@@H](C)C[C@@H](O)CC. The molecule has 0 aliphatic rings. The molecule has 2 N–H and O–H groups in total. The second-order valence-electron chi connectivity index (χ2n) is 8.47. The molecule has 0 aliphatic carbocycles. The normalized spacial score (nSPS) is 12.8. The van der Waals surface area contributed by atoms with Crippen LogP contribution in [0.4, 0.5) is 0 Å². The van der Waals surface area contributed by atoms with Crippen LogP contribution >= 0.6 is 11.3 Å². The Morgan fingerprint density at radius 2 is 2.03 bits per heavy atom. The lowest BCUT2D eigenvalue weighted by atomic mass is 10.0. The van der Waals surface area contributed by atoms with Gasteiger partial charge in [0.05, 0.1) is 41.2 Å². The Bertz CT molecular complexity index is 896. The van der Waals surface area contributed by atoms with Crippen molar-refractivity contribution < 1.29 is 19.4 Å². The molecule has 2 aromatic rings. The highest BCUT2D eigenvalue weighted by atomic mass is 32.1. The number of hydrogen-bond donors (Lipinski definition) is 2. The molecular formula is C26H38N2O4S. The second-order valence-corrected chi connectivity index (χ2v) is 9.32. The number of thiazole rings is 1. The van der Waals surface area contributed by atoms with Gasteiger partial charge in [0, 0.05) is 18.0 Å². The van der Waals surface area contributed by atoms with E-state index >= 15 is 0 Å². The summed E-state index contributed by atoms with van der Waals surface area (Å²) in [5.74, 6) is 1.21. The fourth-order valence-corrected chi connectivity index (χ4v) is 4.21. The zero-order chi connectivity index (χ0) is 24.2. The maximum Gasteiger partial charge on any atom is 0.223 e. The van der Waals surface area contributed by atoms with E-state index in [1.165, 1.54) is 0 Å². The fraction of sp³-hybridized carbons (Fsp3) is 0.538. The van der Waals surface area contributed by atoms with E-state index in [0.29, 0.717) is 32.6 Å². The molecule has 1 amide bonds. The van der Waals surface area contributed by atoms with Crippen LogP contribution in [-0.2, 0) is 16.1 Å². The molecule has 1 aromatic carbocycles. The monoisotopic (exact) mass is 474 g/mol. The van der Waals surface area contributed by atoms with Gasteiger partial charge in [0.25, 0.3) is 0 Å². The predicted octanol–water partition coefficient (Wildman–Crippen LogP) is 5.63. The smallest absolute Gasteiger partial charge is 0.223 e. The molecule has 1 aromatic heterocycles. The largest absolute Gasteiger partial charge is 0.499 e. The second kappa shape index (κ2) is 14.0. The highest BCUT2D eigenvalue weighted by molar-refractivity contribution is 7.13. The molecule has 0 radical (unpaired) electrons. The minimum atomic E-state index is -0.452. The number of ether oxygens (including phenoxy) is 2. The summed E-state index contributed by atoms with van der Waals surface area (Å²) in [5, 5.41) is 12.8. The number of aliphatic hydroxyl groups excluding tert-OH is 1. The molecule has 0 saturated heterocycles. The first kappa shape index (κ1) is 26.9. The van der Waals surface area contributed by atoms with Crippen LogP contribution in [0.25, 0.3) is 10.4 Å². The van der Waals surface area contributed by atoms with Crippen LogP contribution in [0.15, 0.2) is 36.0 Å². The number of allylic oxidation sites excluding steroid dienone is 1.